The van der Waals surface area contributed by atoms with E-state index in [1.165, 1.54) is 12.1 Å². The molecule has 1 atom stereocenters. The highest BCUT2D eigenvalue weighted by molar-refractivity contribution is 9.10. The molecular weight excluding hydrogens is 444 g/mol. The number of aryl methyl sites for hydroxylation is 1. The summed E-state index contributed by atoms with van der Waals surface area (Å²) in [5.41, 5.74) is 1.69. The number of nitrogens with one attached hydrogen (secondary N) is 1. The summed E-state index contributed by atoms with van der Waals surface area (Å²) in [6.07, 6.45) is 1.72. The van der Waals surface area contributed by atoms with Crippen LogP contribution in [0.25, 0.3) is 0 Å². The van der Waals surface area contributed by atoms with Crippen LogP contribution in [0.1, 0.15) is 28.8 Å². The second-order valence-electron chi connectivity index (χ2n) is 7.06. The van der Waals surface area contributed by atoms with E-state index in [9.17, 15) is 18.3 Å². The van der Waals surface area contributed by atoms with E-state index in [0.717, 1.165) is 18.4 Å². The van der Waals surface area contributed by atoms with Gasteiger partial charge in [-0.1, -0.05) is 12.1 Å². The quantitative estimate of drug-likeness (QED) is 0.706. The lowest BCUT2D eigenvalue weighted by molar-refractivity contribution is 0.0620. The van der Waals surface area contributed by atoms with Crippen molar-refractivity contribution in [1.82, 2.24) is 4.90 Å². The second-order valence-corrected chi connectivity index (χ2v) is 9.60. The first-order valence-corrected chi connectivity index (χ1v) is 11.4. The monoisotopic (exact) mass is 466 g/mol. The number of anilines is 1. The number of halogens is 1. The third-order valence-electron chi connectivity index (χ3n) is 4.82. The molecule has 2 aromatic rings. The summed E-state index contributed by atoms with van der Waals surface area (Å²) < 4.78 is 28.9. The first-order valence-electron chi connectivity index (χ1n) is 9.09. The standard InChI is InChI=1S/C20H23BrN2O4S/c1-14-7-8-18(21)19(10-14)22-28(26,27)17-6-2-5-16(11-17)20(25)23-9-3-4-15(12-23)13-24/h2,5-8,10-11,15,22,24H,3-4,9,12-13H2,1H3. The van der Waals surface area contributed by atoms with Gasteiger partial charge >= 0.3 is 0 Å². The van der Waals surface area contributed by atoms with E-state index < -0.39 is 10.0 Å². The van der Waals surface area contributed by atoms with Crippen molar-refractivity contribution in [3.63, 3.8) is 0 Å². The lowest BCUT2D eigenvalue weighted by atomic mass is 9.98. The third kappa shape index (κ3) is 4.74. The van der Waals surface area contributed by atoms with Gasteiger partial charge < -0.3 is 10.0 Å². The Morgan fingerprint density at radius 3 is 2.82 bits per heavy atom. The average molecular weight is 467 g/mol. The number of amides is 1. The molecule has 0 radical (unpaired) electrons. The summed E-state index contributed by atoms with van der Waals surface area (Å²) in [5.74, 6) is -0.142. The van der Waals surface area contributed by atoms with Crippen molar-refractivity contribution in [2.75, 3.05) is 24.4 Å². The summed E-state index contributed by atoms with van der Waals surface area (Å²) in [7, 11) is -3.85. The number of aliphatic hydroxyl groups excluding tert-OH is 1. The molecule has 0 aromatic heterocycles. The van der Waals surface area contributed by atoms with Crippen molar-refractivity contribution in [3.8, 4) is 0 Å². The number of hydrogen-bond donors (Lipinski definition) is 2. The van der Waals surface area contributed by atoms with Crippen molar-refractivity contribution in [2.45, 2.75) is 24.7 Å². The Hall–Kier alpha value is -1.90. The Bertz CT molecular complexity index is 978. The average Bonchev–Trinajstić information content (AvgIpc) is 2.70. The molecule has 1 saturated heterocycles. The van der Waals surface area contributed by atoms with Crippen LogP contribution in [0.4, 0.5) is 5.69 Å². The molecule has 0 bridgehead atoms. The summed E-state index contributed by atoms with van der Waals surface area (Å²) in [5, 5.41) is 9.36. The van der Waals surface area contributed by atoms with Crippen molar-refractivity contribution >= 4 is 37.5 Å². The van der Waals surface area contributed by atoms with Crippen LogP contribution in [0.2, 0.25) is 0 Å². The molecule has 0 aliphatic carbocycles. The van der Waals surface area contributed by atoms with Gasteiger partial charge in [-0.15, -0.1) is 0 Å². The van der Waals surface area contributed by atoms with Gasteiger partial charge in [0.25, 0.3) is 15.9 Å². The molecule has 28 heavy (non-hydrogen) atoms. The van der Waals surface area contributed by atoms with Crippen molar-refractivity contribution in [3.05, 3.63) is 58.1 Å². The molecule has 1 heterocycles. The second kappa shape index (κ2) is 8.63. The van der Waals surface area contributed by atoms with Gasteiger partial charge in [0.05, 0.1) is 10.6 Å². The molecule has 1 unspecified atom stereocenters. The highest BCUT2D eigenvalue weighted by Gasteiger charge is 2.25. The van der Waals surface area contributed by atoms with Crippen LogP contribution in [0.3, 0.4) is 0 Å². The highest BCUT2D eigenvalue weighted by atomic mass is 79.9. The number of piperidine rings is 1. The highest BCUT2D eigenvalue weighted by Crippen LogP contribution is 2.27. The van der Waals surface area contributed by atoms with Gasteiger partial charge in [-0.2, -0.15) is 0 Å². The summed E-state index contributed by atoms with van der Waals surface area (Å²) >= 11 is 3.35. The Morgan fingerprint density at radius 2 is 2.07 bits per heavy atom. The van der Waals surface area contributed by atoms with Gasteiger partial charge in [0.15, 0.2) is 0 Å². The van der Waals surface area contributed by atoms with Crippen LogP contribution in [0.15, 0.2) is 51.8 Å². The topological polar surface area (TPSA) is 86.7 Å². The van der Waals surface area contributed by atoms with E-state index in [0.29, 0.717) is 28.8 Å². The Morgan fingerprint density at radius 1 is 1.29 bits per heavy atom. The lowest BCUT2D eigenvalue weighted by Crippen LogP contribution is -2.41. The fourth-order valence-electron chi connectivity index (χ4n) is 3.30. The molecule has 1 amide bonds. The van der Waals surface area contributed by atoms with Gasteiger partial charge in [0, 0.05) is 29.7 Å². The molecule has 1 aliphatic heterocycles. The minimum absolute atomic E-state index is 0.0301. The molecule has 150 valence electrons. The van der Waals surface area contributed by atoms with Crippen molar-refractivity contribution < 1.29 is 18.3 Å². The normalized spacial score (nSPS) is 17.4. The number of carbonyl (C=O) groups excluding carboxylic acids is 1. The molecule has 3 rings (SSSR count). The minimum Gasteiger partial charge on any atom is -0.396 e. The molecular formula is C20H23BrN2O4S. The Kier molecular flexibility index (Phi) is 6.42. The molecule has 0 saturated carbocycles. The van der Waals surface area contributed by atoms with Gasteiger partial charge in [-0.25, -0.2) is 8.42 Å². The minimum atomic E-state index is -3.85. The van der Waals surface area contributed by atoms with Crippen LogP contribution < -0.4 is 4.72 Å². The maximum Gasteiger partial charge on any atom is 0.261 e. The van der Waals surface area contributed by atoms with Crippen LogP contribution in [-0.2, 0) is 10.0 Å². The Labute approximate surface area is 173 Å². The van der Waals surface area contributed by atoms with E-state index in [2.05, 4.69) is 20.7 Å². The zero-order chi connectivity index (χ0) is 20.3. The largest absolute Gasteiger partial charge is 0.396 e. The predicted octanol–water partition coefficient (Wildman–Crippen LogP) is 3.40. The first-order chi connectivity index (χ1) is 13.3. The van der Waals surface area contributed by atoms with Crippen LogP contribution in [0, 0.1) is 12.8 Å². The summed E-state index contributed by atoms with van der Waals surface area (Å²) in [6.45, 7) is 3.02. The van der Waals surface area contributed by atoms with E-state index in [-0.39, 0.29) is 23.3 Å². The van der Waals surface area contributed by atoms with Crippen LogP contribution in [-0.4, -0.2) is 44.0 Å². The zero-order valence-corrected chi connectivity index (χ0v) is 18.0. The smallest absolute Gasteiger partial charge is 0.261 e. The van der Waals surface area contributed by atoms with Crippen LogP contribution in [0.5, 0.6) is 0 Å². The zero-order valence-electron chi connectivity index (χ0n) is 15.6. The first kappa shape index (κ1) is 20.8. The summed E-state index contributed by atoms with van der Waals surface area (Å²) in [6, 6.07) is 11.4. The van der Waals surface area contributed by atoms with Gasteiger partial charge in [-0.3, -0.25) is 9.52 Å². The molecule has 2 aromatic carbocycles. The molecule has 0 spiro atoms. The number of benzene rings is 2. The number of aliphatic hydroxyl groups is 1. The summed E-state index contributed by atoms with van der Waals surface area (Å²) in [4.78, 5) is 14.5. The van der Waals surface area contributed by atoms with E-state index in [1.807, 2.05) is 13.0 Å². The van der Waals surface area contributed by atoms with E-state index in [4.69, 9.17) is 0 Å². The van der Waals surface area contributed by atoms with Gasteiger partial charge in [0.1, 0.15) is 0 Å². The number of rotatable bonds is 5. The lowest BCUT2D eigenvalue weighted by Gasteiger charge is -2.32. The van der Waals surface area contributed by atoms with E-state index >= 15 is 0 Å². The van der Waals surface area contributed by atoms with Crippen LogP contribution >= 0.6 is 15.9 Å². The predicted molar refractivity (Wildman–Crippen MR) is 112 cm³/mol. The fourth-order valence-corrected chi connectivity index (χ4v) is 4.89. The van der Waals surface area contributed by atoms with Crippen molar-refractivity contribution in [2.24, 2.45) is 5.92 Å². The number of hydrogen-bond acceptors (Lipinski definition) is 4. The maximum atomic E-state index is 12.8. The fraction of sp³-hybridized carbons (Fsp3) is 0.350. The Balaban J connectivity index is 1.83. The number of carbonyl (C=O) groups is 1. The van der Waals surface area contributed by atoms with Crippen molar-refractivity contribution in [1.29, 1.82) is 0 Å². The third-order valence-corrected chi connectivity index (χ3v) is 6.88. The molecule has 1 aliphatic rings. The molecule has 1 fully saturated rings. The van der Waals surface area contributed by atoms with E-state index in [1.54, 1.807) is 29.2 Å². The number of sulfonamides is 1. The number of likely N-dealkylation sites (tertiary alicyclic amines) is 1. The maximum absolute atomic E-state index is 12.8. The van der Waals surface area contributed by atoms with Gasteiger partial charge in [-0.05, 0) is 77.5 Å². The molecule has 6 nitrogen and oxygen atoms in total. The molecule has 8 heteroatoms. The molecule has 2 N–H and O–H groups in total. The SMILES string of the molecule is Cc1ccc(Br)c(NS(=O)(=O)c2cccc(C(=O)N3CCCC(CO)C3)c2)c1. The number of nitrogens with zero attached hydrogens (tertiary/aromatic N) is 1. The van der Waals surface area contributed by atoms with Gasteiger partial charge in [0.2, 0.25) is 0 Å².